The minimum atomic E-state index is -0.307. The minimum absolute atomic E-state index is 0.175. The Hall–Kier alpha value is -0.570. The Bertz CT molecular complexity index is 232. The van der Waals surface area contributed by atoms with Crippen molar-refractivity contribution >= 4 is 5.91 Å². The number of likely N-dealkylation sites (tertiary alicyclic amines) is 1. The summed E-state index contributed by atoms with van der Waals surface area (Å²) in [4.78, 5) is 13.6. The average molecular weight is 213 g/mol. The number of rotatable bonds is 2. The van der Waals surface area contributed by atoms with E-state index in [9.17, 15) is 9.90 Å². The van der Waals surface area contributed by atoms with Gasteiger partial charge in [0.2, 0.25) is 5.91 Å². The van der Waals surface area contributed by atoms with Crippen LogP contribution >= 0.6 is 0 Å². The molecule has 15 heavy (non-hydrogen) atoms. The van der Waals surface area contributed by atoms with Crippen LogP contribution in [0, 0.1) is 11.3 Å². The zero-order valence-electron chi connectivity index (χ0n) is 10.3. The second-order valence-electron chi connectivity index (χ2n) is 5.75. The Balaban J connectivity index is 2.42. The van der Waals surface area contributed by atoms with Crippen molar-refractivity contribution in [2.45, 2.75) is 46.6 Å². The number of β-amino-alcohol motifs (C(OH)–C–C–N with tert-alkyl or cyclic N) is 1. The second kappa shape index (κ2) is 4.52. The van der Waals surface area contributed by atoms with Gasteiger partial charge in [0, 0.05) is 19.5 Å². The van der Waals surface area contributed by atoms with Crippen LogP contribution in [0.25, 0.3) is 0 Å². The molecule has 1 unspecified atom stereocenters. The normalized spacial score (nSPS) is 24.3. The van der Waals surface area contributed by atoms with Crippen molar-refractivity contribution in [2.24, 2.45) is 11.3 Å². The molecule has 1 saturated heterocycles. The molecule has 1 heterocycles. The highest BCUT2D eigenvalue weighted by Gasteiger charge is 2.28. The van der Waals surface area contributed by atoms with Gasteiger partial charge in [0.15, 0.2) is 0 Å². The van der Waals surface area contributed by atoms with Crippen LogP contribution in [-0.4, -0.2) is 35.1 Å². The molecule has 1 aliphatic heterocycles. The first-order chi connectivity index (χ1) is 6.80. The maximum atomic E-state index is 11.9. The van der Waals surface area contributed by atoms with Gasteiger partial charge in [-0.05, 0) is 17.8 Å². The molecule has 3 heteroatoms. The monoisotopic (exact) mass is 213 g/mol. The summed E-state index contributed by atoms with van der Waals surface area (Å²) in [6.07, 6.45) is 1.02. The van der Waals surface area contributed by atoms with E-state index in [-0.39, 0.29) is 17.4 Å². The van der Waals surface area contributed by atoms with Crippen LogP contribution in [0.3, 0.4) is 0 Å². The van der Waals surface area contributed by atoms with Gasteiger partial charge < -0.3 is 10.0 Å². The van der Waals surface area contributed by atoms with Crippen molar-refractivity contribution < 1.29 is 9.90 Å². The standard InChI is InChI=1S/C12H23NO2/c1-9(12(2,3)4)7-11(15)13-6-5-10(14)8-13/h9-10,14H,5-8H2,1-4H3/t9?,10-/m1/s1. The van der Waals surface area contributed by atoms with Crippen molar-refractivity contribution in [3.8, 4) is 0 Å². The number of carbonyl (C=O) groups is 1. The maximum Gasteiger partial charge on any atom is 0.222 e. The molecular weight excluding hydrogens is 190 g/mol. The fraction of sp³-hybridized carbons (Fsp3) is 0.917. The molecule has 0 radical (unpaired) electrons. The Morgan fingerprint density at radius 3 is 2.53 bits per heavy atom. The number of carbonyl (C=O) groups excluding carboxylic acids is 1. The molecule has 0 aromatic heterocycles. The van der Waals surface area contributed by atoms with Crippen molar-refractivity contribution in [3.05, 3.63) is 0 Å². The minimum Gasteiger partial charge on any atom is -0.391 e. The van der Waals surface area contributed by atoms with E-state index in [1.165, 1.54) is 0 Å². The summed E-state index contributed by atoms with van der Waals surface area (Å²) in [6.45, 7) is 9.83. The molecular formula is C12H23NO2. The van der Waals surface area contributed by atoms with Crippen LogP contribution in [0.15, 0.2) is 0 Å². The summed E-state index contributed by atoms with van der Waals surface area (Å²) in [5.74, 6) is 0.566. The van der Waals surface area contributed by atoms with Gasteiger partial charge in [-0.15, -0.1) is 0 Å². The van der Waals surface area contributed by atoms with Gasteiger partial charge in [-0.1, -0.05) is 27.7 Å². The van der Waals surface area contributed by atoms with Gasteiger partial charge in [0.25, 0.3) is 0 Å². The number of hydrogen-bond donors (Lipinski definition) is 1. The average Bonchev–Trinajstić information content (AvgIpc) is 2.50. The molecule has 1 aliphatic rings. The highest BCUT2D eigenvalue weighted by Crippen LogP contribution is 2.28. The molecule has 1 fully saturated rings. The third kappa shape index (κ3) is 3.49. The molecule has 2 atom stereocenters. The van der Waals surface area contributed by atoms with Gasteiger partial charge in [0.1, 0.15) is 0 Å². The maximum absolute atomic E-state index is 11.9. The van der Waals surface area contributed by atoms with E-state index in [0.717, 1.165) is 13.0 Å². The highest BCUT2D eigenvalue weighted by molar-refractivity contribution is 5.76. The lowest BCUT2D eigenvalue weighted by Crippen LogP contribution is -2.33. The summed E-state index contributed by atoms with van der Waals surface area (Å²) >= 11 is 0. The van der Waals surface area contributed by atoms with Crippen LogP contribution in [0.1, 0.15) is 40.5 Å². The smallest absolute Gasteiger partial charge is 0.222 e. The summed E-state index contributed by atoms with van der Waals surface area (Å²) in [5.41, 5.74) is 0.175. The van der Waals surface area contributed by atoms with Crippen LogP contribution in [0.2, 0.25) is 0 Å². The first-order valence-corrected chi connectivity index (χ1v) is 5.76. The third-order valence-corrected chi connectivity index (χ3v) is 3.48. The predicted octanol–water partition coefficient (Wildman–Crippen LogP) is 1.65. The third-order valence-electron chi connectivity index (χ3n) is 3.48. The van der Waals surface area contributed by atoms with Crippen LogP contribution in [0.5, 0.6) is 0 Å². The van der Waals surface area contributed by atoms with Crippen molar-refractivity contribution in [1.82, 2.24) is 4.90 Å². The van der Waals surface area contributed by atoms with Crippen molar-refractivity contribution in [2.75, 3.05) is 13.1 Å². The Morgan fingerprint density at radius 2 is 2.13 bits per heavy atom. The molecule has 1 N–H and O–H groups in total. The summed E-state index contributed by atoms with van der Waals surface area (Å²) < 4.78 is 0. The number of nitrogens with zero attached hydrogens (tertiary/aromatic N) is 1. The number of hydrogen-bond acceptors (Lipinski definition) is 2. The van der Waals surface area contributed by atoms with Gasteiger partial charge in [-0.3, -0.25) is 4.79 Å². The van der Waals surface area contributed by atoms with Crippen molar-refractivity contribution in [3.63, 3.8) is 0 Å². The molecule has 0 aromatic carbocycles. The van der Waals surface area contributed by atoms with Gasteiger partial charge >= 0.3 is 0 Å². The number of aliphatic hydroxyl groups excluding tert-OH is 1. The van der Waals surface area contributed by atoms with Gasteiger partial charge in [-0.2, -0.15) is 0 Å². The predicted molar refractivity (Wildman–Crippen MR) is 60.4 cm³/mol. The molecule has 0 spiro atoms. The largest absolute Gasteiger partial charge is 0.391 e. The second-order valence-corrected chi connectivity index (χ2v) is 5.75. The van der Waals surface area contributed by atoms with E-state index in [4.69, 9.17) is 0 Å². The van der Waals surface area contributed by atoms with Crippen molar-refractivity contribution in [1.29, 1.82) is 0 Å². The van der Waals surface area contributed by atoms with Gasteiger partial charge in [-0.25, -0.2) is 0 Å². The number of amides is 1. The highest BCUT2D eigenvalue weighted by atomic mass is 16.3. The van der Waals surface area contributed by atoms with E-state index in [1.807, 2.05) is 0 Å². The Labute approximate surface area is 92.5 Å². The Kier molecular flexibility index (Phi) is 3.77. The SMILES string of the molecule is CC(CC(=O)N1CC[C@@H](O)C1)C(C)(C)C. The van der Waals surface area contributed by atoms with E-state index in [1.54, 1.807) is 4.90 Å². The topological polar surface area (TPSA) is 40.5 Å². The van der Waals surface area contributed by atoms with Gasteiger partial charge in [0.05, 0.1) is 6.10 Å². The lowest BCUT2D eigenvalue weighted by Gasteiger charge is -2.28. The molecule has 88 valence electrons. The first-order valence-electron chi connectivity index (χ1n) is 5.76. The fourth-order valence-corrected chi connectivity index (χ4v) is 1.67. The Morgan fingerprint density at radius 1 is 1.53 bits per heavy atom. The van der Waals surface area contributed by atoms with Crippen LogP contribution in [0.4, 0.5) is 0 Å². The zero-order chi connectivity index (χ0) is 11.6. The summed E-state index contributed by atoms with van der Waals surface area (Å²) in [5, 5.41) is 9.35. The quantitative estimate of drug-likeness (QED) is 0.757. The molecule has 0 aromatic rings. The van der Waals surface area contributed by atoms with E-state index >= 15 is 0 Å². The molecule has 0 saturated carbocycles. The lowest BCUT2D eigenvalue weighted by atomic mass is 9.80. The summed E-state index contributed by atoms with van der Waals surface area (Å²) in [6, 6.07) is 0. The molecule has 0 aliphatic carbocycles. The van der Waals surface area contributed by atoms with Crippen LogP contribution in [-0.2, 0) is 4.79 Å². The van der Waals surface area contributed by atoms with E-state index in [2.05, 4.69) is 27.7 Å². The van der Waals surface area contributed by atoms with Crippen LogP contribution < -0.4 is 0 Å². The van der Waals surface area contributed by atoms with E-state index < -0.39 is 0 Å². The molecule has 1 amide bonds. The van der Waals surface area contributed by atoms with E-state index in [0.29, 0.717) is 18.9 Å². The molecule has 0 bridgehead atoms. The number of aliphatic hydroxyl groups is 1. The first kappa shape index (κ1) is 12.5. The summed E-state index contributed by atoms with van der Waals surface area (Å²) in [7, 11) is 0. The fourth-order valence-electron chi connectivity index (χ4n) is 1.67. The zero-order valence-corrected chi connectivity index (χ0v) is 10.3. The molecule has 1 rings (SSSR count). The lowest BCUT2D eigenvalue weighted by molar-refractivity contribution is -0.132. The molecule has 3 nitrogen and oxygen atoms in total.